The van der Waals surface area contributed by atoms with Crippen LogP contribution in [0.15, 0.2) is 42.6 Å². The van der Waals surface area contributed by atoms with Gasteiger partial charge in [-0.05, 0) is 108 Å². The molecule has 0 radical (unpaired) electrons. The smallest absolute Gasteiger partial charge is 0.408 e. The maximum Gasteiger partial charge on any atom is 0.408 e. The van der Waals surface area contributed by atoms with Crippen LogP contribution in [0.4, 0.5) is 4.79 Å². The number of benzene rings is 1. The number of carbonyl (C=O) groups excluding carboxylic acids is 4. The van der Waals surface area contributed by atoms with Gasteiger partial charge in [0.25, 0.3) is 5.91 Å². The van der Waals surface area contributed by atoms with Crippen molar-refractivity contribution >= 4 is 44.6 Å². The summed E-state index contributed by atoms with van der Waals surface area (Å²) in [6.07, 6.45) is 6.84. The summed E-state index contributed by atoms with van der Waals surface area (Å²) in [4.78, 5) is 61.7. The van der Waals surface area contributed by atoms with E-state index >= 15 is 0 Å². The Morgan fingerprint density at radius 2 is 1.80 bits per heavy atom. The summed E-state index contributed by atoms with van der Waals surface area (Å²) in [6, 6.07) is 5.27. The van der Waals surface area contributed by atoms with E-state index in [0.29, 0.717) is 42.7 Å². The van der Waals surface area contributed by atoms with Crippen LogP contribution < -0.4 is 24.8 Å². The molecule has 2 aromatic rings. The number of aromatic nitrogens is 1. The molecule has 3 heterocycles. The van der Waals surface area contributed by atoms with Gasteiger partial charge >= 0.3 is 6.09 Å². The average Bonchev–Trinajstić information content (AvgIpc) is 4.01. The number of sulfonamides is 1. The summed E-state index contributed by atoms with van der Waals surface area (Å²) < 4.78 is 45.7. The number of nitrogens with zero attached hydrogens (tertiary/aromatic N) is 2. The Kier molecular flexibility index (Phi) is 11.5. The zero-order chi connectivity index (χ0) is 38.9. The maximum absolute atomic E-state index is 14.7. The number of fused-ring (bicyclic) bond motifs is 3. The van der Waals surface area contributed by atoms with Crippen molar-refractivity contribution in [2.24, 2.45) is 17.8 Å². The SMILES string of the molecule is CC(C)OC(=O)N[C@@H]1C(=O)N2C[C@H](Oc3nccc4cc(OC(C)C)ccc34)C[C@H]2C(=O)N[C@]2(C(=O)NS(=O)(=O)C3CC3)C[C@H]2/C=C\CC[C@@H](C)C[C@H]1C. The molecule has 7 atom stereocenters. The van der Waals surface area contributed by atoms with Crippen LogP contribution in [0, 0.1) is 17.8 Å². The van der Waals surface area contributed by atoms with Crippen molar-refractivity contribution in [1.82, 2.24) is 25.2 Å². The lowest BCUT2D eigenvalue weighted by atomic mass is 9.88. The van der Waals surface area contributed by atoms with E-state index in [1.54, 1.807) is 20.0 Å². The topological polar surface area (TPSA) is 182 Å². The molecule has 0 bridgehead atoms. The van der Waals surface area contributed by atoms with Gasteiger partial charge < -0.3 is 29.7 Å². The monoisotopic (exact) mass is 767 g/mol. The number of alkyl carbamates (subject to hydrolysis) is 1. The summed E-state index contributed by atoms with van der Waals surface area (Å²) in [7, 11) is -3.89. The number of rotatable bonds is 9. The Balaban J connectivity index is 1.33. The number of amides is 4. The molecule has 3 N–H and O–H groups in total. The second-order valence-electron chi connectivity index (χ2n) is 16.0. The fraction of sp³-hybridized carbons (Fsp3) is 0.615. The fourth-order valence-electron chi connectivity index (χ4n) is 7.60. The van der Waals surface area contributed by atoms with E-state index in [-0.39, 0.29) is 37.3 Å². The standard InChI is InChI=1S/C39H53N5O9S/c1-22(2)51-28-11-14-31-26(18-28)15-16-40-35(31)53-29-19-32-34(45)42-39(37(47)43-54(49,50)30-12-13-30)20-27(39)10-8-7-9-24(5)17-25(6)33(36(46)44(32)21-29)41-38(48)52-23(3)4/h8,10-11,14-16,18,22-25,27,29-30,32-33H,7,9,12-13,17,19-21H2,1-6H3,(H,41,48)(H,42,45)(H,43,47)/b10-8-/t24-,25-,27-,29-,32+,33+,39-/m1/s1. The Labute approximate surface area is 317 Å². The molecule has 14 nitrogen and oxygen atoms in total. The van der Waals surface area contributed by atoms with E-state index in [1.807, 2.05) is 57.2 Å². The summed E-state index contributed by atoms with van der Waals surface area (Å²) in [5.41, 5.74) is -1.51. The third-order valence-corrected chi connectivity index (χ3v) is 12.4. The van der Waals surface area contributed by atoms with Crippen molar-refractivity contribution in [3.63, 3.8) is 0 Å². The van der Waals surface area contributed by atoms with Crippen molar-refractivity contribution in [2.75, 3.05) is 6.54 Å². The van der Waals surface area contributed by atoms with E-state index in [1.165, 1.54) is 4.90 Å². The van der Waals surface area contributed by atoms with Crippen LogP contribution in [-0.2, 0) is 29.1 Å². The molecule has 4 aliphatic rings. The van der Waals surface area contributed by atoms with E-state index in [9.17, 15) is 27.6 Å². The minimum atomic E-state index is -3.89. The normalized spacial score (nSPS) is 29.7. The fourth-order valence-corrected chi connectivity index (χ4v) is 8.96. The minimum absolute atomic E-state index is 0.0121. The van der Waals surface area contributed by atoms with Crippen LogP contribution in [0.1, 0.15) is 86.5 Å². The molecular weight excluding hydrogens is 715 g/mol. The molecule has 1 saturated heterocycles. The van der Waals surface area contributed by atoms with Crippen LogP contribution in [-0.4, -0.2) is 89.8 Å². The summed E-state index contributed by atoms with van der Waals surface area (Å²) in [5.74, 6) is -1.49. The lowest BCUT2D eigenvalue weighted by Crippen LogP contribution is -2.59. The predicted octanol–water partition coefficient (Wildman–Crippen LogP) is 4.37. The van der Waals surface area contributed by atoms with Gasteiger partial charge in [0.15, 0.2) is 0 Å². The van der Waals surface area contributed by atoms with E-state index in [4.69, 9.17) is 14.2 Å². The predicted molar refractivity (Wildman–Crippen MR) is 201 cm³/mol. The van der Waals surface area contributed by atoms with Gasteiger partial charge in [0.05, 0.1) is 24.0 Å². The average molecular weight is 768 g/mol. The first kappa shape index (κ1) is 39.3. The number of hydrogen-bond acceptors (Lipinski definition) is 10. The molecule has 2 saturated carbocycles. The third kappa shape index (κ3) is 8.93. The highest BCUT2D eigenvalue weighted by Gasteiger charge is 2.62. The number of carbonyl (C=O) groups is 4. The lowest BCUT2D eigenvalue weighted by Gasteiger charge is -2.33. The van der Waals surface area contributed by atoms with Crippen molar-refractivity contribution in [3.8, 4) is 11.6 Å². The number of allylic oxidation sites excluding steroid dienone is 1. The summed E-state index contributed by atoms with van der Waals surface area (Å²) in [5, 5.41) is 6.60. The molecule has 294 valence electrons. The molecule has 4 amide bonds. The molecule has 1 aromatic carbocycles. The van der Waals surface area contributed by atoms with Gasteiger partial charge in [-0.25, -0.2) is 18.2 Å². The Morgan fingerprint density at radius 3 is 2.50 bits per heavy atom. The van der Waals surface area contributed by atoms with E-state index < -0.39 is 74.8 Å². The molecule has 2 aliphatic carbocycles. The van der Waals surface area contributed by atoms with Gasteiger partial charge in [-0.1, -0.05) is 26.0 Å². The maximum atomic E-state index is 14.7. The molecule has 3 fully saturated rings. The first-order chi connectivity index (χ1) is 25.6. The first-order valence-corrected chi connectivity index (χ1v) is 20.7. The molecule has 6 rings (SSSR count). The molecule has 2 aliphatic heterocycles. The van der Waals surface area contributed by atoms with Crippen molar-refractivity contribution in [1.29, 1.82) is 0 Å². The molecule has 15 heteroatoms. The van der Waals surface area contributed by atoms with Crippen LogP contribution in [0.3, 0.4) is 0 Å². The van der Waals surface area contributed by atoms with Gasteiger partial charge in [-0.15, -0.1) is 0 Å². The van der Waals surface area contributed by atoms with Crippen LogP contribution in [0.5, 0.6) is 11.6 Å². The lowest BCUT2D eigenvalue weighted by molar-refractivity contribution is -0.142. The molecule has 1 aromatic heterocycles. The number of hydrogen-bond donors (Lipinski definition) is 3. The third-order valence-electron chi connectivity index (χ3n) is 10.6. The molecular formula is C39H53N5O9S. The zero-order valence-electron chi connectivity index (χ0n) is 31.9. The number of nitrogens with one attached hydrogen (secondary N) is 3. The Morgan fingerprint density at radius 1 is 1.04 bits per heavy atom. The number of ether oxygens (including phenoxy) is 3. The highest BCUT2D eigenvalue weighted by molar-refractivity contribution is 7.91. The quantitative estimate of drug-likeness (QED) is 0.310. The van der Waals surface area contributed by atoms with Crippen LogP contribution >= 0.6 is 0 Å². The van der Waals surface area contributed by atoms with Gasteiger partial charge in [0.2, 0.25) is 27.7 Å². The Bertz CT molecular complexity index is 1900. The van der Waals surface area contributed by atoms with Gasteiger partial charge in [-0.2, -0.15) is 0 Å². The highest BCUT2D eigenvalue weighted by atomic mass is 32.2. The van der Waals surface area contributed by atoms with Crippen molar-refractivity contribution in [3.05, 3.63) is 42.6 Å². The van der Waals surface area contributed by atoms with Gasteiger partial charge in [-0.3, -0.25) is 19.1 Å². The summed E-state index contributed by atoms with van der Waals surface area (Å²) >= 11 is 0. The van der Waals surface area contributed by atoms with Gasteiger partial charge in [0.1, 0.15) is 29.5 Å². The second kappa shape index (κ2) is 15.8. The second-order valence-corrected chi connectivity index (χ2v) is 18.0. The first-order valence-electron chi connectivity index (χ1n) is 19.1. The van der Waals surface area contributed by atoms with Crippen molar-refractivity contribution in [2.45, 2.75) is 128 Å². The van der Waals surface area contributed by atoms with Gasteiger partial charge in [0, 0.05) is 23.9 Å². The largest absolute Gasteiger partial charge is 0.491 e. The van der Waals surface area contributed by atoms with E-state index in [0.717, 1.165) is 11.8 Å². The van der Waals surface area contributed by atoms with Crippen LogP contribution in [0.2, 0.25) is 0 Å². The molecule has 0 unspecified atom stereocenters. The van der Waals surface area contributed by atoms with Crippen LogP contribution in [0.25, 0.3) is 10.8 Å². The zero-order valence-corrected chi connectivity index (χ0v) is 32.7. The van der Waals surface area contributed by atoms with E-state index in [2.05, 4.69) is 27.3 Å². The Hall–Kier alpha value is -4.40. The molecule has 0 spiro atoms. The number of pyridine rings is 1. The highest BCUT2D eigenvalue weighted by Crippen LogP contribution is 2.46. The minimum Gasteiger partial charge on any atom is -0.491 e. The van der Waals surface area contributed by atoms with Crippen molar-refractivity contribution < 1.29 is 41.8 Å². The molecule has 54 heavy (non-hydrogen) atoms. The summed E-state index contributed by atoms with van der Waals surface area (Å²) in [6.45, 7) is 11.3.